The van der Waals surface area contributed by atoms with E-state index in [1.165, 1.54) is 11.8 Å². The average molecular weight is 366 g/mol. The smallest absolute Gasteiger partial charge is 0.230 e. The van der Waals surface area contributed by atoms with Crippen LogP contribution in [0.1, 0.15) is 12.2 Å². The lowest BCUT2D eigenvalue weighted by molar-refractivity contribution is -0.118. The molecule has 24 heavy (non-hydrogen) atoms. The fourth-order valence-electron chi connectivity index (χ4n) is 2.73. The number of halogens is 1. The molecular formula is C16H20ClN5OS. The van der Waals surface area contributed by atoms with E-state index in [0.717, 1.165) is 36.0 Å². The zero-order chi connectivity index (χ0) is 16.9. The van der Waals surface area contributed by atoms with Crippen LogP contribution in [0.25, 0.3) is 0 Å². The van der Waals surface area contributed by atoms with E-state index in [0.29, 0.717) is 23.4 Å². The summed E-state index contributed by atoms with van der Waals surface area (Å²) in [5, 5.41) is 11.1. The van der Waals surface area contributed by atoms with Gasteiger partial charge in [-0.25, -0.2) is 4.98 Å². The molecule has 0 spiro atoms. The first-order valence-corrected chi connectivity index (χ1v) is 9.25. The highest BCUT2D eigenvalue weighted by molar-refractivity contribution is 7.99. The van der Waals surface area contributed by atoms with E-state index < -0.39 is 0 Å². The number of aryl methyl sites for hydroxylation is 1. The van der Waals surface area contributed by atoms with Crippen molar-refractivity contribution in [1.29, 1.82) is 0 Å². The molecule has 1 unspecified atom stereocenters. The number of carbonyl (C=O) groups is 1. The van der Waals surface area contributed by atoms with Gasteiger partial charge in [-0.2, -0.15) is 0 Å². The maximum Gasteiger partial charge on any atom is 0.230 e. The molecule has 2 aromatic rings. The van der Waals surface area contributed by atoms with Crippen LogP contribution in [0.4, 0.5) is 5.69 Å². The SMILES string of the molecule is Cc1nc(SCC(=O)NCC2CCN(c3cccc(Cl)c3)C2)n[nH]1. The van der Waals surface area contributed by atoms with Gasteiger partial charge in [0.05, 0.1) is 5.75 Å². The number of hydrogen-bond acceptors (Lipinski definition) is 5. The van der Waals surface area contributed by atoms with E-state index >= 15 is 0 Å². The number of carbonyl (C=O) groups excluding carboxylic acids is 1. The van der Waals surface area contributed by atoms with Crippen molar-refractivity contribution in [3.63, 3.8) is 0 Å². The quantitative estimate of drug-likeness (QED) is 0.769. The Bertz CT molecular complexity index is 707. The molecule has 0 bridgehead atoms. The number of aromatic nitrogens is 3. The van der Waals surface area contributed by atoms with Gasteiger partial charge in [-0.05, 0) is 37.5 Å². The van der Waals surface area contributed by atoms with Crippen molar-refractivity contribution in [2.75, 3.05) is 30.3 Å². The van der Waals surface area contributed by atoms with Gasteiger partial charge in [0.2, 0.25) is 11.1 Å². The summed E-state index contributed by atoms with van der Waals surface area (Å²) in [6, 6.07) is 7.90. The van der Waals surface area contributed by atoms with Gasteiger partial charge in [0.25, 0.3) is 0 Å². The van der Waals surface area contributed by atoms with E-state index in [1.54, 1.807) is 0 Å². The van der Waals surface area contributed by atoms with E-state index in [9.17, 15) is 4.79 Å². The second-order valence-electron chi connectivity index (χ2n) is 5.88. The molecule has 0 radical (unpaired) electrons. The van der Waals surface area contributed by atoms with Crippen molar-refractivity contribution < 1.29 is 4.79 Å². The fourth-order valence-corrected chi connectivity index (χ4v) is 3.59. The lowest BCUT2D eigenvalue weighted by atomic mass is 10.1. The molecular weight excluding hydrogens is 346 g/mol. The maximum atomic E-state index is 11.9. The maximum absolute atomic E-state index is 11.9. The van der Waals surface area contributed by atoms with Crippen LogP contribution in [0.5, 0.6) is 0 Å². The summed E-state index contributed by atoms with van der Waals surface area (Å²) >= 11 is 7.39. The standard InChI is InChI=1S/C16H20ClN5OS/c1-11-19-16(21-20-11)24-10-15(23)18-8-12-5-6-22(9-12)14-4-2-3-13(17)7-14/h2-4,7,12H,5-6,8-10H2,1H3,(H,18,23)(H,19,20,21). The van der Waals surface area contributed by atoms with Gasteiger partial charge in [-0.15, -0.1) is 5.10 Å². The molecule has 3 rings (SSSR count). The molecule has 1 aromatic heterocycles. The fraction of sp³-hybridized carbons (Fsp3) is 0.438. The van der Waals surface area contributed by atoms with E-state index in [1.807, 2.05) is 25.1 Å². The third-order valence-corrected chi connectivity index (χ3v) is 5.04. The predicted molar refractivity (Wildman–Crippen MR) is 96.6 cm³/mol. The Morgan fingerprint density at radius 2 is 2.42 bits per heavy atom. The Balaban J connectivity index is 1.40. The number of H-pyrrole nitrogens is 1. The normalized spacial score (nSPS) is 17.2. The van der Waals surface area contributed by atoms with Gasteiger partial charge < -0.3 is 10.2 Å². The molecule has 0 aliphatic carbocycles. The number of benzene rings is 1. The lowest BCUT2D eigenvalue weighted by Crippen LogP contribution is -2.32. The molecule has 2 N–H and O–H groups in total. The van der Waals surface area contributed by atoms with Crippen LogP contribution in [-0.4, -0.2) is 46.5 Å². The van der Waals surface area contributed by atoms with Gasteiger partial charge in [-0.3, -0.25) is 9.89 Å². The second kappa shape index (κ2) is 7.90. The molecule has 8 heteroatoms. The monoisotopic (exact) mass is 365 g/mol. The average Bonchev–Trinajstić information content (AvgIpc) is 3.20. The Morgan fingerprint density at radius 3 is 3.17 bits per heavy atom. The van der Waals surface area contributed by atoms with Crippen LogP contribution >= 0.6 is 23.4 Å². The second-order valence-corrected chi connectivity index (χ2v) is 7.26. The van der Waals surface area contributed by atoms with Gasteiger partial charge >= 0.3 is 0 Å². The molecule has 1 amide bonds. The molecule has 6 nitrogen and oxygen atoms in total. The zero-order valence-electron chi connectivity index (χ0n) is 13.5. The number of amides is 1. The molecule has 1 atom stereocenters. The van der Waals surface area contributed by atoms with Gasteiger partial charge in [0, 0.05) is 30.3 Å². The topological polar surface area (TPSA) is 73.9 Å². The predicted octanol–water partition coefficient (Wildman–Crippen LogP) is 2.50. The summed E-state index contributed by atoms with van der Waals surface area (Å²) in [5.74, 6) is 1.57. The number of rotatable bonds is 6. The highest BCUT2D eigenvalue weighted by Gasteiger charge is 2.23. The summed E-state index contributed by atoms with van der Waals surface area (Å²) in [6.07, 6.45) is 1.07. The number of aromatic amines is 1. The van der Waals surface area contributed by atoms with Crippen LogP contribution in [0.15, 0.2) is 29.4 Å². The third-order valence-electron chi connectivity index (χ3n) is 3.96. The summed E-state index contributed by atoms with van der Waals surface area (Å²) in [7, 11) is 0. The molecule has 1 aromatic carbocycles. The van der Waals surface area contributed by atoms with Gasteiger partial charge in [0.15, 0.2) is 0 Å². The van der Waals surface area contributed by atoms with Crippen LogP contribution in [0, 0.1) is 12.8 Å². The van der Waals surface area contributed by atoms with Crippen LogP contribution in [0.2, 0.25) is 5.02 Å². The lowest BCUT2D eigenvalue weighted by Gasteiger charge is -2.19. The van der Waals surface area contributed by atoms with E-state index in [2.05, 4.69) is 31.5 Å². The van der Waals surface area contributed by atoms with Crippen LogP contribution < -0.4 is 10.2 Å². The van der Waals surface area contributed by atoms with Crippen molar-refractivity contribution in [3.8, 4) is 0 Å². The summed E-state index contributed by atoms with van der Waals surface area (Å²) < 4.78 is 0. The number of thioether (sulfide) groups is 1. The van der Waals surface area contributed by atoms with E-state index in [-0.39, 0.29) is 5.91 Å². The first-order chi connectivity index (χ1) is 11.6. The summed E-state index contributed by atoms with van der Waals surface area (Å²) in [6.45, 7) is 4.46. The Morgan fingerprint density at radius 1 is 1.54 bits per heavy atom. The summed E-state index contributed by atoms with van der Waals surface area (Å²) in [5.41, 5.74) is 1.15. The zero-order valence-corrected chi connectivity index (χ0v) is 15.0. The summed E-state index contributed by atoms with van der Waals surface area (Å²) in [4.78, 5) is 18.4. The number of nitrogens with zero attached hydrogens (tertiary/aromatic N) is 3. The molecule has 1 aliphatic rings. The Kier molecular flexibility index (Phi) is 5.63. The minimum atomic E-state index is 0.0173. The minimum absolute atomic E-state index is 0.0173. The van der Waals surface area contributed by atoms with Gasteiger partial charge in [-0.1, -0.05) is 29.4 Å². The number of anilines is 1. The first kappa shape index (κ1) is 17.1. The van der Waals surface area contributed by atoms with Crippen LogP contribution in [0.3, 0.4) is 0 Å². The van der Waals surface area contributed by atoms with Gasteiger partial charge in [0.1, 0.15) is 5.82 Å². The third kappa shape index (κ3) is 4.64. The molecule has 2 heterocycles. The molecule has 1 saturated heterocycles. The number of hydrogen-bond donors (Lipinski definition) is 2. The highest BCUT2D eigenvalue weighted by atomic mass is 35.5. The van der Waals surface area contributed by atoms with E-state index in [4.69, 9.17) is 11.6 Å². The van der Waals surface area contributed by atoms with Crippen molar-refractivity contribution in [1.82, 2.24) is 20.5 Å². The largest absolute Gasteiger partial charge is 0.371 e. The van der Waals surface area contributed by atoms with Crippen molar-refractivity contribution >= 4 is 35.0 Å². The molecule has 128 valence electrons. The highest BCUT2D eigenvalue weighted by Crippen LogP contribution is 2.25. The van der Waals surface area contributed by atoms with Crippen molar-refractivity contribution in [2.24, 2.45) is 5.92 Å². The minimum Gasteiger partial charge on any atom is -0.371 e. The van der Waals surface area contributed by atoms with Crippen molar-refractivity contribution in [3.05, 3.63) is 35.1 Å². The first-order valence-electron chi connectivity index (χ1n) is 7.89. The molecule has 1 aliphatic heterocycles. The number of nitrogens with one attached hydrogen (secondary N) is 2. The Labute approximate surface area is 150 Å². The van der Waals surface area contributed by atoms with Crippen LogP contribution in [-0.2, 0) is 4.79 Å². The molecule has 1 fully saturated rings. The van der Waals surface area contributed by atoms with Crippen molar-refractivity contribution in [2.45, 2.75) is 18.5 Å². The molecule has 0 saturated carbocycles. The Hall–Kier alpha value is -1.73.